The Labute approximate surface area is 169 Å². The number of halogens is 1. The lowest BCUT2D eigenvalue weighted by Gasteiger charge is -2.35. The molecule has 0 spiro atoms. The smallest absolute Gasteiger partial charge is 0.227 e. The van der Waals surface area contributed by atoms with Crippen molar-refractivity contribution in [2.24, 2.45) is 0 Å². The van der Waals surface area contributed by atoms with Crippen LogP contribution in [-0.4, -0.2) is 47.0 Å². The van der Waals surface area contributed by atoms with Crippen molar-refractivity contribution in [3.8, 4) is 11.4 Å². The van der Waals surface area contributed by atoms with Gasteiger partial charge in [0.15, 0.2) is 5.82 Å². The Balaban J connectivity index is 1.37. The van der Waals surface area contributed by atoms with Gasteiger partial charge in [0.2, 0.25) is 5.91 Å². The molecule has 5 nitrogen and oxygen atoms in total. The van der Waals surface area contributed by atoms with Gasteiger partial charge < -0.3 is 9.80 Å². The van der Waals surface area contributed by atoms with Crippen LogP contribution in [-0.2, 0) is 11.2 Å². The van der Waals surface area contributed by atoms with Crippen molar-refractivity contribution < 1.29 is 4.79 Å². The van der Waals surface area contributed by atoms with Crippen LogP contribution in [0.4, 0.5) is 5.82 Å². The molecule has 2 aromatic carbocycles. The lowest BCUT2D eigenvalue weighted by atomic mass is 10.1. The van der Waals surface area contributed by atoms with Crippen LogP contribution in [0.5, 0.6) is 0 Å². The molecule has 1 fully saturated rings. The first-order valence-electron chi connectivity index (χ1n) is 9.35. The Morgan fingerprint density at radius 2 is 1.64 bits per heavy atom. The SMILES string of the molecule is O=C(Cc1ccc(Cl)cc1)N1CCN(c2ccnc(-c3ccccc3)n2)CC1. The minimum absolute atomic E-state index is 0.148. The van der Waals surface area contributed by atoms with E-state index in [1.54, 1.807) is 6.20 Å². The number of amides is 1. The number of aromatic nitrogens is 2. The molecule has 0 radical (unpaired) electrons. The summed E-state index contributed by atoms with van der Waals surface area (Å²) in [4.78, 5) is 25.8. The third-order valence-electron chi connectivity index (χ3n) is 4.90. The van der Waals surface area contributed by atoms with E-state index in [0.29, 0.717) is 24.5 Å². The van der Waals surface area contributed by atoms with Crippen LogP contribution in [0.2, 0.25) is 5.02 Å². The highest BCUT2D eigenvalue weighted by Crippen LogP contribution is 2.19. The molecule has 6 heteroatoms. The fourth-order valence-corrected chi connectivity index (χ4v) is 3.45. The first-order chi connectivity index (χ1) is 13.7. The molecule has 28 heavy (non-hydrogen) atoms. The second-order valence-corrected chi connectivity index (χ2v) is 7.21. The van der Waals surface area contributed by atoms with Crippen LogP contribution in [0.25, 0.3) is 11.4 Å². The zero-order chi connectivity index (χ0) is 19.3. The van der Waals surface area contributed by atoms with Gasteiger partial charge in [-0.2, -0.15) is 0 Å². The maximum atomic E-state index is 12.6. The molecule has 2 heterocycles. The normalized spacial score (nSPS) is 14.2. The van der Waals surface area contributed by atoms with E-state index in [1.807, 2.05) is 65.6 Å². The summed E-state index contributed by atoms with van der Waals surface area (Å²) < 4.78 is 0. The molecule has 142 valence electrons. The number of anilines is 1. The Morgan fingerprint density at radius 3 is 2.36 bits per heavy atom. The fraction of sp³-hybridized carbons (Fsp3) is 0.227. The van der Waals surface area contributed by atoms with Gasteiger partial charge in [0.25, 0.3) is 0 Å². The summed E-state index contributed by atoms with van der Waals surface area (Å²) in [7, 11) is 0. The molecule has 4 rings (SSSR count). The molecule has 0 unspecified atom stereocenters. The topological polar surface area (TPSA) is 49.3 Å². The van der Waals surface area contributed by atoms with Crippen molar-refractivity contribution in [2.45, 2.75) is 6.42 Å². The fourth-order valence-electron chi connectivity index (χ4n) is 3.33. The predicted octanol–water partition coefficient (Wildman–Crippen LogP) is 3.69. The molecular weight excluding hydrogens is 372 g/mol. The number of benzene rings is 2. The summed E-state index contributed by atoms with van der Waals surface area (Å²) in [6, 6.07) is 19.3. The third kappa shape index (κ3) is 4.31. The summed E-state index contributed by atoms with van der Waals surface area (Å²) in [5, 5.41) is 0.685. The van der Waals surface area contributed by atoms with Gasteiger partial charge in [-0.1, -0.05) is 54.1 Å². The summed E-state index contributed by atoms with van der Waals surface area (Å²) in [6.07, 6.45) is 2.20. The number of carbonyl (C=O) groups is 1. The molecule has 0 saturated carbocycles. The standard InChI is InChI=1S/C22H21ClN4O/c23-19-8-6-17(7-9-19)16-21(28)27-14-12-26(13-15-27)20-10-11-24-22(25-20)18-4-2-1-3-5-18/h1-11H,12-16H2. The van der Waals surface area contributed by atoms with Gasteiger partial charge in [0.05, 0.1) is 6.42 Å². The van der Waals surface area contributed by atoms with E-state index in [-0.39, 0.29) is 5.91 Å². The second kappa shape index (κ2) is 8.40. The third-order valence-corrected chi connectivity index (χ3v) is 5.15. The van der Waals surface area contributed by atoms with Crippen molar-refractivity contribution in [1.29, 1.82) is 0 Å². The maximum absolute atomic E-state index is 12.6. The van der Waals surface area contributed by atoms with Crippen LogP contribution < -0.4 is 4.90 Å². The number of rotatable bonds is 4. The average Bonchev–Trinajstić information content (AvgIpc) is 2.76. The van der Waals surface area contributed by atoms with Crippen LogP contribution >= 0.6 is 11.6 Å². The molecule has 0 aliphatic carbocycles. The minimum Gasteiger partial charge on any atom is -0.353 e. The van der Waals surface area contributed by atoms with Gasteiger partial charge in [-0.3, -0.25) is 4.79 Å². The predicted molar refractivity (Wildman–Crippen MR) is 111 cm³/mol. The van der Waals surface area contributed by atoms with E-state index in [4.69, 9.17) is 16.6 Å². The molecular formula is C22H21ClN4O. The number of hydrogen-bond donors (Lipinski definition) is 0. The summed E-state index contributed by atoms with van der Waals surface area (Å²) in [6.45, 7) is 2.91. The van der Waals surface area contributed by atoms with Gasteiger partial charge >= 0.3 is 0 Å². The van der Waals surface area contributed by atoms with Crippen LogP contribution in [0.1, 0.15) is 5.56 Å². The molecule has 1 amide bonds. The van der Waals surface area contributed by atoms with Gasteiger partial charge in [-0.15, -0.1) is 0 Å². The first kappa shape index (κ1) is 18.4. The zero-order valence-electron chi connectivity index (χ0n) is 15.5. The van der Waals surface area contributed by atoms with Gasteiger partial charge in [0.1, 0.15) is 5.82 Å². The van der Waals surface area contributed by atoms with E-state index in [1.165, 1.54) is 0 Å². The molecule has 1 aliphatic heterocycles. The van der Waals surface area contributed by atoms with E-state index < -0.39 is 0 Å². The van der Waals surface area contributed by atoms with Crippen molar-refractivity contribution >= 4 is 23.3 Å². The highest BCUT2D eigenvalue weighted by atomic mass is 35.5. The minimum atomic E-state index is 0.148. The summed E-state index contributed by atoms with van der Waals surface area (Å²) in [5.41, 5.74) is 1.99. The lowest BCUT2D eigenvalue weighted by molar-refractivity contribution is -0.130. The largest absolute Gasteiger partial charge is 0.353 e. The van der Waals surface area contributed by atoms with Crippen LogP contribution in [0, 0.1) is 0 Å². The van der Waals surface area contributed by atoms with E-state index in [0.717, 1.165) is 35.9 Å². The van der Waals surface area contributed by atoms with E-state index in [9.17, 15) is 4.79 Å². The quantitative estimate of drug-likeness (QED) is 0.679. The zero-order valence-corrected chi connectivity index (χ0v) is 16.2. The molecule has 1 aromatic heterocycles. The monoisotopic (exact) mass is 392 g/mol. The molecule has 3 aromatic rings. The first-order valence-corrected chi connectivity index (χ1v) is 9.72. The summed E-state index contributed by atoms with van der Waals surface area (Å²) in [5.74, 6) is 1.77. The van der Waals surface area contributed by atoms with Crippen molar-refractivity contribution in [3.05, 3.63) is 77.4 Å². The van der Waals surface area contributed by atoms with Gasteiger partial charge in [-0.05, 0) is 23.8 Å². The van der Waals surface area contributed by atoms with Crippen molar-refractivity contribution in [2.75, 3.05) is 31.1 Å². The average molecular weight is 393 g/mol. The van der Waals surface area contributed by atoms with Crippen molar-refractivity contribution in [3.63, 3.8) is 0 Å². The Kier molecular flexibility index (Phi) is 5.53. The molecule has 0 bridgehead atoms. The molecule has 1 aliphatic rings. The van der Waals surface area contributed by atoms with Crippen LogP contribution in [0.15, 0.2) is 66.9 Å². The number of piperazine rings is 1. The Hall–Kier alpha value is -2.92. The highest BCUT2D eigenvalue weighted by Gasteiger charge is 2.22. The molecule has 0 atom stereocenters. The molecule has 0 N–H and O–H groups in total. The van der Waals surface area contributed by atoms with E-state index >= 15 is 0 Å². The Bertz CT molecular complexity index is 938. The number of nitrogens with zero attached hydrogens (tertiary/aromatic N) is 4. The van der Waals surface area contributed by atoms with Crippen LogP contribution in [0.3, 0.4) is 0 Å². The number of hydrogen-bond acceptors (Lipinski definition) is 4. The lowest BCUT2D eigenvalue weighted by Crippen LogP contribution is -2.49. The molecule has 1 saturated heterocycles. The van der Waals surface area contributed by atoms with Crippen molar-refractivity contribution in [1.82, 2.24) is 14.9 Å². The van der Waals surface area contributed by atoms with Gasteiger partial charge in [-0.25, -0.2) is 9.97 Å². The van der Waals surface area contributed by atoms with E-state index in [2.05, 4.69) is 9.88 Å². The van der Waals surface area contributed by atoms with Gasteiger partial charge in [0, 0.05) is 43.0 Å². The second-order valence-electron chi connectivity index (χ2n) is 6.78. The Morgan fingerprint density at radius 1 is 0.929 bits per heavy atom. The highest BCUT2D eigenvalue weighted by molar-refractivity contribution is 6.30. The maximum Gasteiger partial charge on any atom is 0.227 e. The number of carbonyl (C=O) groups excluding carboxylic acids is 1. The summed E-state index contributed by atoms with van der Waals surface area (Å²) >= 11 is 5.91.